The summed E-state index contributed by atoms with van der Waals surface area (Å²) in [6.45, 7) is 2.05. The molecule has 6 heteroatoms. The van der Waals surface area contributed by atoms with E-state index in [1.165, 1.54) is 11.3 Å². The molecule has 1 aromatic carbocycles. The first-order valence-electron chi connectivity index (χ1n) is 8.49. The summed E-state index contributed by atoms with van der Waals surface area (Å²) in [6, 6.07) is 9.29. The lowest BCUT2D eigenvalue weighted by atomic mass is 10.1. The summed E-state index contributed by atoms with van der Waals surface area (Å²) in [5.41, 5.74) is 2.27. The van der Waals surface area contributed by atoms with Crippen LogP contribution >= 0.6 is 11.3 Å². The molecule has 134 valence electrons. The maximum atomic E-state index is 12.5. The van der Waals surface area contributed by atoms with Crippen LogP contribution < -0.4 is 5.32 Å². The lowest BCUT2D eigenvalue weighted by molar-refractivity contribution is -0.0392. The molecule has 0 radical (unpaired) electrons. The van der Waals surface area contributed by atoms with Gasteiger partial charge in [0.2, 0.25) is 0 Å². The van der Waals surface area contributed by atoms with Crippen molar-refractivity contribution in [2.24, 2.45) is 0 Å². The summed E-state index contributed by atoms with van der Waals surface area (Å²) in [7, 11) is 0. The molecule has 2 aromatic rings. The van der Waals surface area contributed by atoms with Crippen molar-refractivity contribution >= 4 is 17.2 Å². The summed E-state index contributed by atoms with van der Waals surface area (Å²) in [6.07, 6.45) is 1.27. The minimum absolute atomic E-state index is 0.185. The third kappa shape index (κ3) is 5.12. The second kappa shape index (κ2) is 9.10. The van der Waals surface area contributed by atoms with E-state index in [1.54, 1.807) is 6.07 Å². The molecule has 25 heavy (non-hydrogen) atoms. The highest BCUT2D eigenvalue weighted by atomic mass is 32.1. The summed E-state index contributed by atoms with van der Waals surface area (Å²) in [4.78, 5) is 12.5. The molecule has 0 aliphatic carbocycles. The lowest BCUT2D eigenvalue weighted by Crippen LogP contribution is -2.29. The van der Waals surface area contributed by atoms with Crippen LogP contribution in [0.3, 0.4) is 0 Å². The molecule has 3 rings (SSSR count). The molecule has 1 saturated heterocycles. The van der Waals surface area contributed by atoms with E-state index < -0.39 is 6.10 Å². The molecular weight excluding hydrogens is 338 g/mol. The van der Waals surface area contributed by atoms with Crippen molar-refractivity contribution in [1.82, 2.24) is 5.32 Å². The first-order chi connectivity index (χ1) is 12.2. The SMILES string of the molecule is O=C(NCC(O)c1ccsc1)c1ccccc1COC1CCOCC1. The molecule has 0 saturated carbocycles. The number of carbonyl (C=O) groups is 1. The van der Waals surface area contributed by atoms with E-state index in [-0.39, 0.29) is 18.6 Å². The molecule has 1 fully saturated rings. The van der Waals surface area contributed by atoms with E-state index in [4.69, 9.17) is 9.47 Å². The van der Waals surface area contributed by atoms with Crippen LogP contribution in [0, 0.1) is 0 Å². The molecule has 1 amide bonds. The zero-order valence-electron chi connectivity index (χ0n) is 14.0. The van der Waals surface area contributed by atoms with Crippen molar-refractivity contribution in [3.8, 4) is 0 Å². The Labute approximate surface area is 151 Å². The van der Waals surface area contributed by atoms with Crippen LogP contribution in [0.15, 0.2) is 41.1 Å². The van der Waals surface area contributed by atoms with Crippen LogP contribution in [0.5, 0.6) is 0 Å². The average Bonchev–Trinajstić information content (AvgIpc) is 3.20. The van der Waals surface area contributed by atoms with Crippen molar-refractivity contribution < 1.29 is 19.4 Å². The Morgan fingerprint density at radius 2 is 2.12 bits per heavy atom. The smallest absolute Gasteiger partial charge is 0.251 e. The Balaban J connectivity index is 1.56. The monoisotopic (exact) mass is 361 g/mol. The van der Waals surface area contributed by atoms with Crippen LogP contribution in [-0.4, -0.2) is 36.9 Å². The molecule has 1 aliphatic heterocycles. The fraction of sp³-hybridized carbons (Fsp3) is 0.421. The van der Waals surface area contributed by atoms with E-state index in [0.29, 0.717) is 12.2 Å². The molecule has 1 aliphatic rings. The van der Waals surface area contributed by atoms with Gasteiger partial charge in [0.15, 0.2) is 0 Å². The molecule has 1 unspecified atom stereocenters. The summed E-state index contributed by atoms with van der Waals surface area (Å²) >= 11 is 1.52. The van der Waals surface area contributed by atoms with Crippen molar-refractivity contribution in [3.05, 3.63) is 57.8 Å². The first-order valence-corrected chi connectivity index (χ1v) is 9.44. The van der Waals surface area contributed by atoms with Crippen LogP contribution in [0.2, 0.25) is 0 Å². The van der Waals surface area contributed by atoms with Gasteiger partial charge in [-0.3, -0.25) is 4.79 Å². The van der Waals surface area contributed by atoms with Crippen molar-refractivity contribution in [2.75, 3.05) is 19.8 Å². The van der Waals surface area contributed by atoms with Crippen LogP contribution in [0.1, 0.15) is 40.4 Å². The Bertz CT molecular complexity index is 668. The largest absolute Gasteiger partial charge is 0.387 e. The minimum atomic E-state index is -0.694. The molecule has 5 nitrogen and oxygen atoms in total. The Hall–Kier alpha value is -1.73. The third-order valence-electron chi connectivity index (χ3n) is 4.29. The standard InChI is InChI=1S/C19H23NO4S/c21-18(15-7-10-25-13-15)11-20-19(22)17-4-2-1-3-14(17)12-24-16-5-8-23-9-6-16/h1-4,7,10,13,16,18,21H,5-6,8-9,11-12H2,(H,20,22). The number of carbonyl (C=O) groups excluding carboxylic acids is 1. The average molecular weight is 361 g/mol. The highest BCUT2D eigenvalue weighted by molar-refractivity contribution is 7.07. The minimum Gasteiger partial charge on any atom is -0.387 e. The predicted octanol–water partition coefficient (Wildman–Crippen LogP) is 2.91. The first kappa shape index (κ1) is 18.1. The quantitative estimate of drug-likeness (QED) is 0.796. The number of hydrogen-bond acceptors (Lipinski definition) is 5. The maximum absolute atomic E-state index is 12.5. The van der Waals surface area contributed by atoms with Gasteiger partial charge >= 0.3 is 0 Å². The number of ether oxygens (including phenoxy) is 2. The molecular formula is C19H23NO4S. The predicted molar refractivity (Wildman–Crippen MR) is 96.7 cm³/mol. The molecule has 2 N–H and O–H groups in total. The van der Waals surface area contributed by atoms with Gasteiger partial charge in [0.25, 0.3) is 5.91 Å². The van der Waals surface area contributed by atoms with Gasteiger partial charge in [-0.1, -0.05) is 18.2 Å². The maximum Gasteiger partial charge on any atom is 0.251 e. The number of aliphatic hydroxyl groups is 1. The van der Waals surface area contributed by atoms with Crippen LogP contribution in [-0.2, 0) is 16.1 Å². The summed E-state index contributed by atoms with van der Waals surface area (Å²) < 4.78 is 11.3. The van der Waals surface area contributed by atoms with Gasteiger partial charge in [-0.25, -0.2) is 0 Å². The van der Waals surface area contributed by atoms with Gasteiger partial charge in [0.1, 0.15) is 0 Å². The number of hydrogen-bond donors (Lipinski definition) is 2. The van der Waals surface area contributed by atoms with Gasteiger partial charge in [-0.05, 0) is 46.9 Å². The highest BCUT2D eigenvalue weighted by Gasteiger charge is 2.17. The fourth-order valence-electron chi connectivity index (χ4n) is 2.78. The van der Waals surface area contributed by atoms with Gasteiger partial charge in [-0.2, -0.15) is 11.3 Å². The number of rotatable bonds is 7. The Kier molecular flexibility index (Phi) is 6.58. The molecule has 1 atom stereocenters. The van der Waals surface area contributed by atoms with Crippen molar-refractivity contribution in [3.63, 3.8) is 0 Å². The fourth-order valence-corrected chi connectivity index (χ4v) is 3.49. The summed E-state index contributed by atoms with van der Waals surface area (Å²) in [5.74, 6) is -0.194. The van der Waals surface area contributed by atoms with E-state index >= 15 is 0 Å². The normalized spacial score (nSPS) is 16.5. The van der Waals surface area contributed by atoms with Crippen molar-refractivity contribution in [2.45, 2.75) is 31.7 Å². The number of nitrogens with one attached hydrogen (secondary N) is 1. The molecule has 0 spiro atoms. The molecule has 1 aromatic heterocycles. The van der Waals surface area contributed by atoms with Gasteiger partial charge in [0.05, 0.1) is 18.8 Å². The van der Waals surface area contributed by atoms with E-state index in [0.717, 1.165) is 37.2 Å². The Morgan fingerprint density at radius 1 is 1.32 bits per heavy atom. The van der Waals surface area contributed by atoms with Crippen molar-refractivity contribution in [1.29, 1.82) is 0 Å². The zero-order valence-corrected chi connectivity index (χ0v) is 14.8. The van der Waals surface area contributed by atoms with Gasteiger partial charge in [-0.15, -0.1) is 0 Å². The van der Waals surface area contributed by atoms with E-state index in [9.17, 15) is 9.90 Å². The number of aliphatic hydroxyl groups excluding tert-OH is 1. The zero-order chi connectivity index (χ0) is 17.5. The van der Waals surface area contributed by atoms with E-state index in [2.05, 4.69) is 5.32 Å². The van der Waals surface area contributed by atoms with Crippen LogP contribution in [0.25, 0.3) is 0 Å². The lowest BCUT2D eigenvalue weighted by Gasteiger charge is -2.23. The molecule has 2 heterocycles. The number of thiophene rings is 1. The highest BCUT2D eigenvalue weighted by Crippen LogP contribution is 2.17. The van der Waals surface area contributed by atoms with Gasteiger partial charge in [0, 0.05) is 25.3 Å². The second-order valence-electron chi connectivity index (χ2n) is 6.06. The van der Waals surface area contributed by atoms with Crippen LogP contribution in [0.4, 0.5) is 0 Å². The Morgan fingerprint density at radius 3 is 2.88 bits per heavy atom. The second-order valence-corrected chi connectivity index (χ2v) is 6.84. The third-order valence-corrected chi connectivity index (χ3v) is 4.99. The van der Waals surface area contributed by atoms with E-state index in [1.807, 2.05) is 35.0 Å². The van der Waals surface area contributed by atoms with Gasteiger partial charge < -0.3 is 19.9 Å². The molecule has 0 bridgehead atoms. The number of amides is 1. The summed E-state index contributed by atoms with van der Waals surface area (Å²) in [5, 5.41) is 16.7. The number of benzene rings is 1. The topological polar surface area (TPSA) is 67.8 Å².